The molecule has 1 heterocycles. The van der Waals surface area contributed by atoms with E-state index in [0.717, 1.165) is 23.5 Å². The van der Waals surface area contributed by atoms with Crippen LogP contribution < -0.4 is 5.73 Å². The molecule has 72 valence electrons. The third kappa shape index (κ3) is 1.88. The SMILES string of the molecule is CCn1nc(C)c(CC(=N)N)c1C. The van der Waals surface area contributed by atoms with E-state index >= 15 is 0 Å². The van der Waals surface area contributed by atoms with Gasteiger partial charge in [-0.05, 0) is 20.8 Å². The lowest BCUT2D eigenvalue weighted by molar-refractivity contribution is 0.634. The maximum atomic E-state index is 7.23. The Bertz CT molecular complexity index is 325. The van der Waals surface area contributed by atoms with E-state index in [9.17, 15) is 0 Å². The van der Waals surface area contributed by atoms with E-state index in [1.807, 2.05) is 18.5 Å². The zero-order valence-corrected chi connectivity index (χ0v) is 8.39. The Morgan fingerprint density at radius 1 is 1.54 bits per heavy atom. The van der Waals surface area contributed by atoms with Crippen LogP contribution >= 0.6 is 0 Å². The summed E-state index contributed by atoms with van der Waals surface area (Å²) in [6.07, 6.45) is 0.512. The lowest BCUT2D eigenvalue weighted by Crippen LogP contribution is -2.13. The van der Waals surface area contributed by atoms with Crippen molar-refractivity contribution in [3.63, 3.8) is 0 Å². The van der Waals surface area contributed by atoms with E-state index in [1.165, 1.54) is 0 Å². The van der Waals surface area contributed by atoms with Crippen molar-refractivity contribution >= 4 is 5.84 Å². The number of nitrogens with zero attached hydrogens (tertiary/aromatic N) is 2. The quantitative estimate of drug-likeness (QED) is 0.538. The second-order valence-corrected chi connectivity index (χ2v) is 3.17. The molecule has 1 aromatic heterocycles. The molecule has 13 heavy (non-hydrogen) atoms. The predicted octanol–water partition coefficient (Wildman–Crippen LogP) is 0.998. The van der Waals surface area contributed by atoms with Gasteiger partial charge in [-0.25, -0.2) is 0 Å². The summed E-state index contributed by atoms with van der Waals surface area (Å²) in [5, 5.41) is 11.6. The molecule has 0 aliphatic rings. The first-order valence-corrected chi connectivity index (χ1v) is 4.42. The maximum Gasteiger partial charge on any atom is 0.0951 e. The molecular formula is C9H16N4. The molecule has 0 fully saturated rings. The minimum absolute atomic E-state index is 0.196. The fourth-order valence-electron chi connectivity index (χ4n) is 1.49. The van der Waals surface area contributed by atoms with Crippen molar-refractivity contribution in [1.29, 1.82) is 5.41 Å². The highest BCUT2D eigenvalue weighted by molar-refractivity contribution is 5.79. The van der Waals surface area contributed by atoms with Gasteiger partial charge in [0.15, 0.2) is 0 Å². The van der Waals surface area contributed by atoms with Crippen LogP contribution in [0, 0.1) is 19.3 Å². The summed E-state index contributed by atoms with van der Waals surface area (Å²) >= 11 is 0. The molecule has 0 aliphatic carbocycles. The largest absolute Gasteiger partial charge is 0.387 e. The standard InChI is InChI=1S/C9H16N4/c1-4-13-7(3)8(5-9(10)11)6(2)12-13/h4-5H2,1-3H3,(H3,10,11). The Morgan fingerprint density at radius 3 is 2.54 bits per heavy atom. The minimum atomic E-state index is 0.196. The first-order valence-electron chi connectivity index (χ1n) is 4.42. The molecule has 4 nitrogen and oxygen atoms in total. The number of rotatable bonds is 3. The Morgan fingerprint density at radius 2 is 2.15 bits per heavy atom. The number of nitrogens with one attached hydrogen (secondary N) is 1. The average Bonchev–Trinajstić information content (AvgIpc) is 2.31. The smallest absolute Gasteiger partial charge is 0.0951 e. The third-order valence-corrected chi connectivity index (χ3v) is 2.20. The number of hydrogen-bond acceptors (Lipinski definition) is 2. The van der Waals surface area contributed by atoms with E-state index < -0.39 is 0 Å². The molecule has 0 spiro atoms. The predicted molar refractivity (Wildman–Crippen MR) is 53.0 cm³/mol. The van der Waals surface area contributed by atoms with Gasteiger partial charge in [0.1, 0.15) is 0 Å². The van der Waals surface area contributed by atoms with Crippen molar-refractivity contribution in [3.8, 4) is 0 Å². The number of aryl methyl sites for hydroxylation is 2. The molecule has 0 saturated carbocycles. The number of amidine groups is 1. The fraction of sp³-hybridized carbons (Fsp3) is 0.556. The van der Waals surface area contributed by atoms with Crippen LogP contribution in [0.15, 0.2) is 0 Å². The van der Waals surface area contributed by atoms with Crippen molar-refractivity contribution in [2.75, 3.05) is 0 Å². The molecule has 1 rings (SSSR count). The van der Waals surface area contributed by atoms with E-state index in [0.29, 0.717) is 6.42 Å². The van der Waals surface area contributed by atoms with Crippen LogP contribution in [0.2, 0.25) is 0 Å². The topological polar surface area (TPSA) is 67.7 Å². The number of hydrogen-bond donors (Lipinski definition) is 2. The maximum absolute atomic E-state index is 7.23. The highest BCUT2D eigenvalue weighted by Gasteiger charge is 2.10. The summed E-state index contributed by atoms with van der Waals surface area (Å²) in [5.74, 6) is 0.196. The Labute approximate surface area is 78.3 Å². The van der Waals surface area contributed by atoms with E-state index in [4.69, 9.17) is 11.1 Å². The number of aromatic nitrogens is 2. The van der Waals surface area contributed by atoms with Gasteiger partial charge in [0, 0.05) is 24.2 Å². The molecule has 0 aliphatic heterocycles. The van der Waals surface area contributed by atoms with Crippen molar-refractivity contribution < 1.29 is 0 Å². The van der Waals surface area contributed by atoms with E-state index in [1.54, 1.807) is 0 Å². The molecular weight excluding hydrogens is 164 g/mol. The Hall–Kier alpha value is -1.32. The summed E-state index contributed by atoms with van der Waals surface area (Å²) < 4.78 is 1.94. The van der Waals surface area contributed by atoms with Crippen LogP contribution in [0.4, 0.5) is 0 Å². The van der Waals surface area contributed by atoms with E-state index in [-0.39, 0.29) is 5.84 Å². The van der Waals surface area contributed by atoms with Crippen molar-refractivity contribution in [2.24, 2.45) is 5.73 Å². The summed E-state index contributed by atoms with van der Waals surface area (Å²) in [6, 6.07) is 0. The second kappa shape index (κ2) is 3.60. The Kier molecular flexibility index (Phi) is 2.70. The van der Waals surface area contributed by atoms with Gasteiger partial charge in [-0.3, -0.25) is 10.1 Å². The molecule has 0 saturated heterocycles. The second-order valence-electron chi connectivity index (χ2n) is 3.17. The lowest BCUT2D eigenvalue weighted by Gasteiger charge is -2.01. The number of nitrogens with two attached hydrogens (primary N) is 1. The molecule has 0 atom stereocenters. The highest BCUT2D eigenvalue weighted by atomic mass is 15.3. The van der Waals surface area contributed by atoms with Gasteiger partial charge < -0.3 is 5.73 Å². The summed E-state index contributed by atoms with van der Waals surface area (Å²) in [4.78, 5) is 0. The molecule has 0 unspecified atom stereocenters. The zero-order valence-electron chi connectivity index (χ0n) is 8.39. The zero-order chi connectivity index (χ0) is 10.0. The van der Waals surface area contributed by atoms with Crippen molar-refractivity contribution in [3.05, 3.63) is 17.0 Å². The van der Waals surface area contributed by atoms with Gasteiger partial charge >= 0.3 is 0 Å². The van der Waals surface area contributed by atoms with Gasteiger partial charge in [-0.15, -0.1) is 0 Å². The van der Waals surface area contributed by atoms with Gasteiger partial charge in [-0.2, -0.15) is 5.10 Å². The highest BCUT2D eigenvalue weighted by Crippen LogP contribution is 2.13. The summed E-state index contributed by atoms with van der Waals surface area (Å²) in [5.41, 5.74) is 8.55. The van der Waals surface area contributed by atoms with Gasteiger partial charge in [0.25, 0.3) is 0 Å². The molecule has 0 aromatic carbocycles. The van der Waals surface area contributed by atoms with Crippen LogP contribution in [-0.2, 0) is 13.0 Å². The van der Waals surface area contributed by atoms with Crippen molar-refractivity contribution in [1.82, 2.24) is 9.78 Å². The molecule has 0 bridgehead atoms. The fourth-order valence-corrected chi connectivity index (χ4v) is 1.49. The van der Waals surface area contributed by atoms with Gasteiger partial charge in [0.05, 0.1) is 11.5 Å². The molecule has 0 amide bonds. The van der Waals surface area contributed by atoms with Crippen LogP contribution in [0.5, 0.6) is 0 Å². The first-order chi connectivity index (χ1) is 6.06. The minimum Gasteiger partial charge on any atom is -0.387 e. The molecule has 3 N–H and O–H groups in total. The molecule has 4 heteroatoms. The van der Waals surface area contributed by atoms with Gasteiger partial charge in [-0.1, -0.05) is 0 Å². The van der Waals surface area contributed by atoms with Crippen LogP contribution in [0.3, 0.4) is 0 Å². The van der Waals surface area contributed by atoms with Gasteiger partial charge in [0.2, 0.25) is 0 Å². The van der Waals surface area contributed by atoms with Crippen LogP contribution in [0.25, 0.3) is 0 Å². The van der Waals surface area contributed by atoms with Crippen molar-refractivity contribution in [2.45, 2.75) is 33.7 Å². The third-order valence-electron chi connectivity index (χ3n) is 2.20. The summed E-state index contributed by atoms with van der Waals surface area (Å²) in [7, 11) is 0. The normalized spacial score (nSPS) is 10.4. The van der Waals surface area contributed by atoms with E-state index in [2.05, 4.69) is 12.0 Å². The van der Waals surface area contributed by atoms with Crippen LogP contribution in [0.1, 0.15) is 23.9 Å². The Balaban J connectivity index is 3.05. The molecule has 1 aromatic rings. The summed E-state index contributed by atoms with van der Waals surface area (Å²) in [6.45, 7) is 6.89. The molecule has 0 radical (unpaired) electrons. The monoisotopic (exact) mass is 180 g/mol. The first kappa shape index (κ1) is 9.77. The van der Waals surface area contributed by atoms with Crippen LogP contribution in [-0.4, -0.2) is 15.6 Å². The average molecular weight is 180 g/mol. The lowest BCUT2D eigenvalue weighted by atomic mass is 10.1.